The lowest BCUT2D eigenvalue weighted by molar-refractivity contribution is -0.130. The van der Waals surface area contributed by atoms with Gasteiger partial charge in [0.25, 0.3) is 5.91 Å². The highest BCUT2D eigenvalue weighted by molar-refractivity contribution is 5.76. The predicted octanol–water partition coefficient (Wildman–Crippen LogP) is 2.07. The van der Waals surface area contributed by atoms with Crippen LogP contribution in [0.15, 0.2) is 36.7 Å². The first kappa shape index (κ1) is 20.4. The van der Waals surface area contributed by atoms with Gasteiger partial charge in [-0.3, -0.25) is 29.8 Å². The number of hydrogen-bond donors (Lipinski definition) is 2. The largest absolute Gasteiger partial charge is 0.294 e. The van der Waals surface area contributed by atoms with E-state index < -0.39 is 0 Å². The van der Waals surface area contributed by atoms with E-state index in [4.69, 9.17) is 5.21 Å². The Labute approximate surface area is 166 Å². The van der Waals surface area contributed by atoms with Gasteiger partial charge in [0.15, 0.2) is 0 Å². The highest BCUT2D eigenvalue weighted by atomic mass is 16.5. The molecule has 3 heterocycles. The fraction of sp³-hybridized carbons (Fsp3) is 0.476. The molecule has 0 bridgehead atoms. The van der Waals surface area contributed by atoms with Crippen molar-refractivity contribution in [1.82, 2.24) is 25.2 Å². The second-order valence-electron chi connectivity index (χ2n) is 7.48. The van der Waals surface area contributed by atoms with Gasteiger partial charge in [0.2, 0.25) is 0 Å². The van der Waals surface area contributed by atoms with Crippen molar-refractivity contribution in [1.29, 1.82) is 0 Å². The molecule has 0 unspecified atom stereocenters. The number of likely N-dealkylation sites (tertiary alicyclic amines) is 1. The molecule has 2 aromatic heterocycles. The first-order chi connectivity index (χ1) is 13.6. The molecule has 0 saturated carbocycles. The smallest absolute Gasteiger partial charge is 0.257 e. The zero-order valence-corrected chi connectivity index (χ0v) is 16.6. The zero-order valence-electron chi connectivity index (χ0n) is 16.6. The molecule has 1 saturated heterocycles. The number of carbonyl (C=O) groups excluding carboxylic acids is 1. The summed E-state index contributed by atoms with van der Waals surface area (Å²) >= 11 is 0. The maximum absolute atomic E-state index is 11.4. The summed E-state index contributed by atoms with van der Waals surface area (Å²) in [5.41, 5.74) is 6.30. The van der Waals surface area contributed by atoms with Crippen LogP contribution in [0.5, 0.6) is 0 Å². The number of hydroxylamine groups is 1. The quantitative estimate of drug-likeness (QED) is 0.563. The number of aromatic nitrogens is 2. The molecular weight excluding hydrogens is 354 g/mol. The number of aryl methyl sites for hydroxylation is 2. The second kappa shape index (κ2) is 9.73. The van der Waals surface area contributed by atoms with E-state index in [1.165, 1.54) is 11.1 Å². The summed E-state index contributed by atoms with van der Waals surface area (Å²) in [4.78, 5) is 25.1. The van der Waals surface area contributed by atoms with E-state index in [0.29, 0.717) is 6.04 Å². The third kappa shape index (κ3) is 5.34. The molecule has 1 amide bonds. The van der Waals surface area contributed by atoms with E-state index in [2.05, 4.69) is 45.7 Å². The SMILES string of the molecule is Cc1cccnc1CN(Cc1ncccc1C)C1CCN(CC(=O)NO)CC1. The van der Waals surface area contributed by atoms with Crippen LogP contribution in [0.1, 0.15) is 35.4 Å². The maximum Gasteiger partial charge on any atom is 0.257 e. The van der Waals surface area contributed by atoms with Crippen molar-refractivity contribution in [3.63, 3.8) is 0 Å². The number of nitrogens with one attached hydrogen (secondary N) is 1. The summed E-state index contributed by atoms with van der Waals surface area (Å²) in [6.07, 6.45) is 5.64. The number of piperidine rings is 1. The number of pyridine rings is 2. The molecule has 7 heteroatoms. The van der Waals surface area contributed by atoms with Gasteiger partial charge in [-0.2, -0.15) is 0 Å². The molecule has 3 rings (SSSR count). The summed E-state index contributed by atoms with van der Waals surface area (Å²) in [5, 5.41) is 8.74. The first-order valence-electron chi connectivity index (χ1n) is 9.77. The fourth-order valence-corrected chi connectivity index (χ4v) is 3.75. The Balaban J connectivity index is 1.72. The normalized spacial score (nSPS) is 15.7. The van der Waals surface area contributed by atoms with Gasteiger partial charge in [-0.25, -0.2) is 5.48 Å². The molecular formula is C21H29N5O2. The molecule has 0 atom stereocenters. The molecule has 1 aliphatic heterocycles. The molecule has 150 valence electrons. The summed E-state index contributed by atoms with van der Waals surface area (Å²) in [5.74, 6) is -0.358. The molecule has 2 aromatic rings. The van der Waals surface area contributed by atoms with Gasteiger partial charge < -0.3 is 0 Å². The average molecular weight is 383 g/mol. The highest BCUT2D eigenvalue weighted by Crippen LogP contribution is 2.22. The number of rotatable bonds is 7. The summed E-state index contributed by atoms with van der Waals surface area (Å²) < 4.78 is 0. The Hall–Kier alpha value is -2.35. The topological polar surface area (TPSA) is 81.6 Å². The Morgan fingerprint density at radius 2 is 1.64 bits per heavy atom. The molecule has 0 radical (unpaired) electrons. The Kier molecular flexibility index (Phi) is 7.08. The van der Waals surface area contributed by atoms with E-state index in [1.807, 2.05) is 24.5 Å². The fourth-order valence-electron chi connectivity index (χ4n) is 3.75. The van der Waals surface area contributed by atoms with Gasteiger partial charge in [-0.15, -0.1) is 0 Å². The second-order valence-corrected chi connectivity index (χ2v) is 7.48. The molecule has 0 aromatic carbocycles. The van der Waals surface area contributed by atoms with Crippen molar-refractivity contribution in [2.75, 3.05) is 19.6 Å². The third-order valence-electron chi connectivity index (χ3n) is 5.51. The van der Waals surface area contributed by atoms with Gasteiger partial charge in [-0.05, 0) is 49.9 Å². The Bertz CT molecular complexity index is 742. The minimum atomic E-state index is -0.358. The van der Waals surface area contributed by atoms with Crippen LogP contribution in [-0.2, 0) is 17.9 Å². The Morgan fingerprint density at radius 3 is 2.11 bits per heavy atom. The van der Waals surface area contributed by atoms with Crippen LogP contribution in [-0.4, -0.2) is 56.6 Å². The van der Waals surface area contributed by atoms with Crippen LogP contribution < -0.4 is 5.48 Å². The standard InChI is InChI=1S/C21H29N5O2/c1-16-5-3-9-22-19(16)13-26(14-20-17(2)6-4-10-23-20)18-7-11-25(12-8-18)15-21(27)24-28/h3-6,9-10,18,28H,7-8,11-15H2,1-2H3,(H,24,27). The predicted molar refractivity (Wildman–Crippen MR) is 107 cm³/mol. The van der Waals surface area contributed by atoms with Gasteiger partial charge in [0.1, 0.15) is 0 Å². The van der Waals surface area contributed by atoms with Crippen molar-refractivity contribution < 1.29 is 10.0 Å². The summed E-state index contributed by atoms with van der Waals surface area (Å²) in [7, 11) is 0. The molecule has 1 aliphatic rings. The van der Waals surface area contributed by atoms with Crippen molar-refractivity contribution in [3.05, 3.63) is 59.2 Å². The summed E-state index contributed by atoms with van der Waals surface area (Å²) in [6, 6.07) is 8.54. The van der Waals surface area contributed by atoms with E-state index in [9.17, 15) is 4.79 Å². The molecule has 2 N–H and O–H groups in total. The number of carbonyl (C=O) groups is 1. The molecule has 7 nitrogen and oxygen atoms in total. The van der Waals surface area contributed by atoms with Crippen molar-refractivity contribution >= 4 is 5.91 Å². The first-order valence-corrected chi connectivity index (χ1v) is 9.77. The van der Waals surface area contributed by atoms with Crippen LogP contribution >= 0.6 is 0 Å². The van der Waals surface area contributed by atoms with Gasteiger partial charge in [0.05, 0.1) is 17.9 Å². The van der Waals surface area contributed by atoms with Crippen LogP contribution in [0.3, 0.4) is 0 Å². The molecule has 0 spiro atoms. The molecule has 0 aliphatic carbocycles. The number of hydrogen-bond acceptors (Lipinski definition) is 6. The Morgan fingerprint density at radius 1 is 1.11 bits per heavy atom. The maximum atomic E-state index is 11.4. The number of nitrogens with zero attached hydrogens (tertiary/aromatic N) is 4. The van der Waals surface area contributed by atoms with Gasteiger partial charge in [0, 0.05) is 44.6 Å². The lowest BCUT2D eigenvalue weighted by Crippen LogP contribution is -2.47. The highest BCUT2D eigenvalue weighted by Gasteiger charge is 2.27. The van der Waals surface area contributed by atoms with Crippen LogP contribution in [0.25, 0.3) is 0 Å². The van der Waals surface area contributed by atoms with Crippen molar-refractivity contribution in [2.24, 2.45) is 0 Å². The van der Waals surface area contributed by atoms with E-state index in [0.717, 1.165) is 50.4 Å². The minimum absolute atomic E-state index is 0.238. The molecule has 28 heavy (non-hydrogen) atoms. The minimum Gasteiger partial charge on any atom is -0.294 e. The van der Waals surface area contributed by atoms with Crippen LogP contribution in [0.4, 0.5) is 0 Å². The average Bonchev–Trinajstić information content (AvgIpc) is 2.71. The van der Waals surface area contributed by atoms with E-state index in [1.54, 1.807) is 5.48 Å². The van der Waals surface area contributed by atoms with Crippen molar-refractivity contribution in [3.8, 4) is 0 Å². The van der Waals surface area contributed by atoms with E-state index >= 15 is 0 Å². The monoisotopic (exact) mass is 383 g/mol. The number of amides is 1. The van der Waals surface area contributed by atoms with Crippen LogP contribution in [0.2, 0.25) is 0 Å². The lowest BCUT2D eigenvalue weighted by Gasteiger charge is -2.38. The molecule has 1 fully saturated rings. The van der Waals surface area contributed by atoms with Crippen LogP contribution in [0, 0.1) is 13.8 Å². The zero-order chi connectivity index (χ0) is 19.9. The van der Waals surface area contributed by atoms with Gasteiger partial charge in [-0.1, -0.05) is 12.1 Å². The van der Waals surface area contributed by atoms with Crippen molar-refractivity contribution in [2.45, 2.75) is 45.8 Å². The summed E-state index contributed by atoms with van der Waals surface area (Å²) in [6.45, 7) is 7.66. The lowest BCUT2D eigenvalue weighted by atomic mass is 10.0. The third-order valence-corrected chi connectivity index (χ3v) is 5.51. The van der Waals surface area contributed by atoms with Gasteiger partial charge >= 0.3 is 0 Å². The van der Waals surface area contributed by atoms with E-state index in [-0.39, 0.29) is 12.5 Å².